The molecule has 0 saturated carbocycles. The number of nitrogens with two attached hydrogens (primary N) is 1. The molecule has 1 aromatic heterocycles. The molecule has 22 heavy (non-hydrogen) atoms. The zero-order valence-corrected chi connectivity index (χ0v) is 12.6. The minimum Gasteiger partial charge on any atom is -0.394 e. The Morgan fingerprint density at radius 1 is 1.50 bits per heavy atom. The third-order valence-corrected chi connectivity index (χ3v) is 3.68. The highest BCUT2D eigenvalue weighted by atomic mass is 16.6. The SMILES string of the molecule is CCCCCOC1C(O)[C@@H](CO)O[C@H]1n1ccc(N)nc1=O. The van der Waals surface area contributed by atoms with E-state index in [2.05, 4.69) is 11.9 Å². The quantitative estimate of drug-likeness (QED) is 0.589. The Morgan fingerprint density at radius 2 is 2.27 bits per heavy atom. The fraction of sp³-hybridized carbons (Fsp3) is 0.714. The summed E-state index contributed by atoms with van der Waals surface area (Å²) in [7, 11) is 0. The van der Waals surface area contributed by atoms with E-state index < -0.39 is 30.2 Å². The standard InChI is InChI=1S/C14H23N3O5/c1-2-3-4-7-21-12-11(19)9(8-18)22-13(12)17-6-5-10(15)16-14(17)20/h5-6,9,11-13,18-19H,2-4,7-8H2,1H3,(H2,15,16,20)/t9-,11?,12?,13-/m1/s1. The maximum Gasteiger partial charge on any atom is 0.351 e. The molecule has 1 fully saturated rings. The third kappa shape index (κ3) is 3.64. The van der Waals surface area contributed by atoms with Gasteiger partial charge in [-0.25, -0.2) is 4.79 Å². The average molecular weight is 313 g/mol. The first-order valence-corrected chi connectivity index (χ1v) is 7.49. The first kappa shape index (κ1) is 16.9. The summed E-state index contributed by atoms with van der Waals surface area (Å²) in [6.45, 7) is 2.17. The number of nitrogen functional groups attached to an aromatic ring is 1. The van der Waals surface area contributed by atoms with E-state index in [1.54, 1.807) is 0 Å². The first-order valence-electron chi connectivity index (χ1n) is 7.49. The van der Waals surface area contributed by atoms with Crippen molar-refractivity contribution in [2.24, 2.45) is 0 Å². The Morgan fingerprint density at radius 3 is 2.91 bits per heavy atom. The van der Waals surface area contributed by atoms with Gasteiger partial charge in [0.2, 0.25) is 0 Å². The molecule has 1 aromatic rings. The molecule has 2 rings (SSSR count). The van der Waals surface area contributed by atoms with Gasteiger partial charge in [0.05, 0.1) is 6.61 Å². The average Bonchev–Trinajstić information content (AvgIpc) is 2.80. The number of aliphatic hydroxyl groups is 2. The van der Waals surface area contributed by atoms with E-state index in [4.69, 9.17) is 15.2 Å². The van der Waals surface area contributed by atoms with E-state index in [0.29, 0.717) is 6.61 Å². The second-order valence-electron chi connectivity index (χ2n) is 5.32. The summed E-state index contributed by atoms with van der Waals surface area (Å²) in [5.41, 5.74) is 4.88. The molecule has 0 aromatic carbocycles. The lowest BCUT2D eigenvalue weighted by Crippen LogP contribution is -2.38. The summed E-state index contributed by atoms with van der Waals surface area (Å²) >= 11 is 0. The van der Waals surface area contributed by atoms with Gasteiger partial charge >= 0.3 is 5.69 Å². The minimum absolute atomic E-state index is 0.110. The van der Waals surface area contributed by atoms with Gasteiger partial charge in [0.1, 0.15) is 24.1 Å². The number of hydrogen-bond donors (Lipinski definition) is 3. The van der Waals surface area contributed by atoms with Crippen LogP contribution in [0.3, 0.4) is 0 Å². The molecule has 1 aliphatic heterocycles. The fourth-order valence-corrected chi connectivity index (χ4v) is 2.46. The molecule has 8 nitrogen and oxygen atoms in total. The molecule has 0 radical (unpaired) electrons. The van der Waals surface area contributed by atoms with Crippen LogP contribution in [0.2, 0.25) is 0 Å². The molecule has 2 heterocycles. The van der Waals surface area contributed by atoms with E-state index in [1.165, 1.54) is 16.8 Å². The Labute approximate surface area is 128 Å². The third-order valence-electron chi connectivity index (χ3n) is 3.68. The molecule has 1 aliphatic rings. The fourth-order valence-electron chi connectivity index (χ4n) is 2.46. The predicted molar refractivity (Wildman–Crippen MR) is 79.2 cm³/mol. The van der Waals surface area contributed by atoms with Crippen molar-refractivity contribution in [2.45, 2.75) is 50.7 Å². The second kappa shape index (κ2) is 7.68. The first-order chi connectivity index (χ1) is 10.6. The number of ether oxygens (including phenoxy) is 2. The lowest BCUT2D eigenvalue weighted by atomic mass is 10.1. The van der Waals surface area contributed by atoms with Gasteiger partial charge in [0.15, 0.2) is 6.23 Å². The van der Waals surface area contributed by atoms with Crippen molar-refractivity contribution >= 4 is 5.82 Å². The highest BCUT2D eigenvalue weighted by Gasteiger charge is 2.45. The Balaban J connectivity index is 2.16. The van der Waals surface area contributed by atoms with Gasteiger partial charge < -0.3 is 25.4 Å². The van der Waals surface area contributed by atoms with Crippen LogP contribution in [0, 0.1) is 0 Å². The molecule has 0 amide bonds. The van der Waals surface area contributed by atoms with E-state index in [-0.39, 0.29) is 12.4 Å². The van der Waals surface area contributed by atoms with Crippen molar-refractivity contribution in [1.82, 2.24) is 9.55 Å². The van der Waals surface area contributed by atoms with E-state index in [1.807, 2.05) is 0 Å². The highest BCUT2D eigenvalue weighted by molar-refractivity contribution is 5.23. The van der Waals surface area contributed by atoms with Crippen molar-refractivity contribution < 1.29 is 19.7 Å². The maximum atomic E-state index is 11.9. The smallest absolute Gasteiger partial charge is 0.351 e. The van der Waals surface area contributed by atoms with Crippen molar-refractivity contribution in [3.05, 3.63) is 22.7 Å². The molecule has 8 heteroatoms. The molecule has 0 bridgehead atoms. The Bertz CT molecular complexity index is 535. The summed E-state index contributed by atoms with van der Waals surface area (Å²) in [5.74, 6) is 0.110. The van der Waals surface area contributed by atoms with E-state index in [0.717, 1.165) is 19.3 Å². The topological polar surface area (TPSA) is 120 Å². The molecule has 0 aliphatic carbocycles. The number of aromatic nitrogens is 2. The molecule has 2 unspecified atom stereocenters. The van der Waals surface area contributed by atoms with Crippen molar-refractivity contribution in [2.75, 3.05) is 18.9 Å². The van der Waals surface area contributed by atoms with Crippen LogP contribution < -0.4 is 11.4 Å². The van der Waals surface area contributed by atoms with Crippen molar-refractivity contribution in [3.8, 4) is 0 Å². The second-order valence-corrected chi connectivity index (χ2v) is 5.32. The molecular formula is C14H23N3O5. The normalized spacial score (nSPS) is 28.1. The van der Waals surface area contributed by atoms with Gasteiger partial charge in [0, 0.05) is 12.8 Å². The summed E-state index contributed by atoms with van der Waals surface area (Å²) in [5, 5.41) is 19.5. The van der Waals surface area contributed by atoms with E-state index >= 15 is 0 Å². The van der Waals surface area contributed by atoms with Crippen molar-refractivity contribution in [1.29, 1.82) is 0 Å². The monoisotopic (exact) mass is 313 g/mol. The van der Waals surface area contributed by atoms with Gasteiger partial charge in [-0.2, -0.15) is 4.98 Å². The molecular weight excluding hydrogens is 290 g/mol. The largest absolute Gasteiger partial charge is 0.394 e. The zero-order chi connectivity index (χ0) is 16.1. The summed E-state index contributed by atoms with van der Waals surface area (Å²) in [4.78, 5) is 15.6. The van der Waals surface area contributed by atoms with Gasteiger partial charge in [0.25, 0.3) is 0 Å². The van der Waals surface area contributed by atoms with Gasteiger partial charge in [-0.1, -0.05) is 19.8 Å². The number of anilines is 1. The number of rotatable bonds is 7. The molecule has 4 atom stereocenters. The molecule has 0 spiro atoms. The Kier molecular flexibility index (Phi) is 5.90. The van der Waals surface area contributed by atoms with Crippen LogP contribution in [0.1, 0.15) is 32.4 Å². The number of hydrogen-bond acceptors (Lipinski definition) is 7. The Hall–Kier alpha value is -1.48. The van der Waals surface area contributed by atoms with Crippen LogP contribution in [0.4, 0.5) is 5.82 Å². The van der Waals surface area contributed by atoms with Gasteiger partial charge in [-0.05, 0) is 12.5 Å². The van der Waals surface area contributed by atoms with Crippen LogP contribution in [0.15, 0.2) is 17.1 Å². The molecule has 4 N–H and O–H groups in total. The minimum atomic E-state index is -1.01. The number of nitrogens with zero attached hydrogens (tertiary/aromatic N) is 2. The molecule has 1 saturated heterocycles. The van der Waals surface area contributed by atoms with Gasteiger partial charge in [-0.15, -0.1) is 0 Å². The summed E-state index contributed by atoms with van der Waals surface area (Å²) in [6, 6.07) is 1.47. The van der Waals surface area contributed by atoms with E-state index in [9.17, 15) is 15.0 Å². The van der Waals surface area contributed by atoms with Gasteiger partial charge in [-0.3, -0.25) is 4.57 Å². The predicted octanol–water partition coefficient (Wildman–Crippen LogP) is -0.349. The summed E-state index contributed by atoms with van der Waals surface area (Å²) < 4.78 is 12.5. The lowest BCUT2D eigenvalue weighted by molar-refractivity contribution is -0.0748. The molecule has 124 valence electrons. The van der Waals surface area contributed by atoms with Crippen LogP contribution >= 0.6 is 0 Å². The van der Waals surface area contributed by atoms with Crippen LogP contribution in [-0.2, 0) is 9.47 Å². The number of unbranched alkanes of at least 4 members (excludes halogenated alkanes) is 2. The summed E-state index contributed by atoms with van der Waals surface area (Å²) in [6.07, 6.45) is 0.978. The number of aliphatic hydroxyl groups excluding tert-OH is 2. The lowest BCUT2D eigenvalue weighted by Gasteiger charge is -2.22. The van der Waals surface area contributed by atoms with Crippen LogP contribution in [0.25, 0.3) is 0 Å². The van der Waals surface area contributed by atoms with Crippen LogP contribution in [0.5, 0.6) is 0 Å². The zero-order valence-electron chi connectivity index (χ0n) is 12.6. The van der Waals surface area contributed by atoms with Crippen LogP contribution in [-0.4, -0.2) is 51.3 Å². The van der Waals surface area contributed by atoms with Crippen molar-refractivity contribution in [3.63, 3.8) is 0 Å². The maximum absolute atomic E-state index is 11.9. The highest BCUT2D eigenvalue weighted by Crippen LogP contribution is 2.30.